The maximum atomic E-state index is 12.5. The first-order chi connectivity index (χ1) is 7.24. The summed E-state index contributed by atoms with van der Waals surface area (Å²) in [7, 11) is 0. The lowest BCUT2D eigenvalue weighted by atomic mass is 10.1. The van der Waals surface area contributed by atoms with Crippen molar-refractivity contribution in [3.05, 3.63) is 35.6 Å². The monoisotopic (exact) mass is 243 g/mol. The van der Waals surface area contributed by atoms with Crippen LogP contribution in [0, 0.1) is 11.2 Å². The van der Waals surface area contributed by atoms with Crippen LogP contribution in [0.3, 0.4) is 0 Å². The molecular formula is C13H23FNP. The smallest absolute Gasteiger partial charge is 0.123 e. The van der Waals surface area contributed by atoms with E-state index in [-0.39, 0.29) is 15.7 Å². The van der Waals surface area contributed by atoms with Crippen LogP contribution in [0.4, 0.5) is 4.39 Å². The predicted molar refractivity (Wildman–Crippen MR) is 75.2 cm³/mol. The summed E-state index contributed by atoms with van der Waals surface area (Å²) >= 11 is 0. The summed E-state index contributed by atoms with van der Waals surface area (Å²) < 4.78 is 12.5. The van der Waals surface area contributed by atoms with Crippen molar-refractivity contribution in [1.82, 2.24) is 0 Å². The molecular weight excluding hydrogens is 220 g/mol. The Kier molecular flexibility index (Phi) is 11.9. The molecule has 1 rings (SSSR count). The lowest BCUT2D eigenvalue weighted by molar-refractivity contribution is 0.627. The summed E-state index contributed by atoms with van der Waals surface area (Å²) in [5, 5.41) is 7.68. The van der Waals surface area contributed by atoms with E-state index in [1.165, 1.54) is 12.1 Å². The zero-order valence-electron chi connectivity index (χ0n) is 10.5. The van der Waals surface area contributed by atoms with Gasteiger partial charge in [0.05, 0.1) is 0 Å². The second-order valence-electron chi connectivity index (χ2n) is 3.09. The van der Waals surface area contributed by atoms with Crippen molar-refractivity contribution >= 4 is 15.6 Å². The van der Waals surface area contributed by atoms with Crippen LogP contribution in [0.5, 0.6) is 0 Å². The van der Waals surface area contributed by atoms with E-state index < -0.39 is 0 Å². The van der Waals surface area contributed by atoms with Crippen LogP contribution >= 0.6 is 9.90 Å². The van der Waals surface area contributed by atoms with Crippen molar-refractivity contribution in [3.63, 3.8) is 0 Å². The average Bonchev–Trinajstić information content (AvgIpc) is 2.29. The van der Waals surface area contributed by atoms with Gasteiger partial charge in [0.2, 0.25) is 0 Å². The fourth-order valence-electron chi connectivity index (χ4n) is 1.15. The first-order valence-electron chi connectivity index (χ1n) is 5.57. The Morgan fingerprint density at radius 2 is 1.69 bits per heavy atom. The Balaban J connectivity index is 0. The number of nitrogens with one attached hydrogen (secondary N) is 1. The minimum Gasteiger partial charge on any atom is -0.305 e. The van der Waals surface area contributed by atoms with Crippen molar-refractivity contribution in [1.29, 1.82) is 5.41 Å². The topological polar surface area (TPSA) is 23.9 Å². The predicted octanol–water partition coefficient (Wildman–Crippen LogP) is 4.47. The number of benzene rings is 1. The fourth-order valence-corrected chi connectivity index (χ4v) is 1.15. The van der Waals surface area contributed by atoms with Gasteiger partial charge in [-0.2, -0.15) is 9.90 Å². The molecule has 0 aliphatic heterocycles. The Morgan fingerprint density at radius 1 is 1.19 bits per heavy atom. The van der Waals surface area contributed by atoms with E-state index >= 15 is 0 Å². The van der Waals surface area contributed by atoms with Crippen LogP contribution in [0.15, 0.2) is 24.3 Å². The molecule has 0 fully saturated rings. The highest BCUT2D eigenvalue weighted by Gasteiger charge is 2.00. The van der Waals surface area contributed by atoms with Crippen LogP contribution in [-0.4, -0.2) is 5.71 Å². The Labute approximate surface area is 102 Å². The Bertz CT molecular complexity index is 282. The van der Waals surface area contributed by atoms with Crippen LogP contribution in [0.25, 0.3) is 0 Å². The molecule has 1 unspecified atom stereocenters. The molecule has 92 valence electrons. The number of unbranched alkanes of at least 4 members (excludes halogenated alkanes) is 1. The van der Waals surface area contributed by atoms with Gasteiger partial charge in [-0.3, -0.25) is 0 Å². The molecule has 0 saturated carbocycles. The molecule has 16 heavy (non-hydrogen) atoms. The standard InChI is InChI=1S/C11H14FN.C2H6.H3P/c1-2-3-4-11(13)9-5-7-10(12)8-6-9;1-2;/h5-8,13H,2-4H2,1H3;1-2H3;1H3. The van der Waals surface area contributed by atoms with E-state index in [0.717, 1.165) is 24.8 Å². The number of hydrogen-bond donors (Lipinski definition) is 1. The van der Waals surface area contributed by atoms with E-state index in [1.807, 2.05) is 13.8 Å². The van der Waals surface area contributed by atoms with Gasteiger partial charge in [0.25, 0.3) is 0 Å². The first kappa shape index (κ1) is 17.6. The molecule has 0 spiro atoms. The maximum absolute atomic E-state index is 12.5. The molecule has 1 N–H and O–H groups in total. The summed E-state index contributed by atoms with van der Waals surface area (Å²) in [4.78, 5) is 0. The summed E-state index contributed by atoms with van der Waals surface area (Å²) in [6.07, 6.45) is 2.89. The van der Waals surface area contributed by atoms with Gasteiger partial charge in [-0.1, -0.05) is 39.3 Å². The quantitative estimate of drug-likeness (QED) is 0.596. The minimum atomic E-state index is -0.243. The van der Waals surface area contributed by atoms with Gasteiger partial charge >= 0.3 is 0 Å². The number of hydrogen-bond acceptors (Lipinski definition) is 1. The van der Waals surface area contributed by atoms with Gasteiger partial charge in [-0.25, -0.2) is 4.39 Å². The van der Waals surface area contributed by atoms with Crippen molar-refractivity contribution in [3.8, 4) is 0 Å². The maximum Gasteiger partial charge on any atom is 0.123 e. The van der Waals surface area contributed by atoms with Gasteiger partial charge in [0.15, 0.2) is 0 Å². The van der Waals surface area contributed by atoms with E-state index in [0.29, 0.717) is 5.71 Å². The first-order valence-corrected chi connectivity index (χ1v) is 5.57. The van der Waals surface area contributed by atoms with Crippen molar-refractivity contribution in [2.24, 2.45) is 0 Å². The molecule has 0 aliphatic carbocycles. The second kappa shape index (κ2) is 10.8. The lowest BCUT2D eigenvalue weighted by Crippen LogP contribution is -1.98. The highest BCUT2D eigenvalue weighted by Crippen LogP contribution is 2.07. The Morgan fingerprint density at radius 3 is 2.12 bits per heavy atom. The third kappa shape index (κ3) is 6.68. The van der Waals surface area contributed by atoms with Gasteiger partial charge in [-0.15, -0.1) is 0 Å². The van der Waals surface area contributed by atoms with E-state index in [1.54, 1.807) is 12.1 Å². The second-order valence-corrected chi connectivity index (χ2v) is 3.09. The molecule has 0 amide bonds. The zero-order chi connectivity index (χ0) is 11.7. The van der Waals surface area contributed by atoms with Crippen molar-refractivity contribution < 1.29 is 4.39 Å². The molecule has 3 heteroatoms. The highest BCUT2D eigenvalue weighted by atomic mass is 31.0. The van der Waals surface area contributed by atoms with Crippen LogP contribution < -0.4 is 0 Å². The molecule has 1 nitrogen and oxygen atoms in total. The largest absolute Gasteiger partial charge is 0.305 e. The summed E-state index contributed by atoms with van der Waals surface area (Å²) in [5.41, 5.74) is 1.43. The van der Waals surface area contributed by atoms with Crippen LogP contribution in [0.2, 0.25) is 0 Å². The molecule has 0 heterocycles. The summed E-state index contributed by atoms with van der Waals surface area (Å²) in [6, 6.07) is 6.12. The fraction of sp³-hybridized carbons (Fsp3) is 0.462. The lowest BCUT2D eigenvalue weighted by Gasteiger charge is -2.02. The summed E-state index contributed by atoms with van der Waals surface area (Å²) in [5.74, 6) is -0.243. The number of halogens is 1. The molecule has 0 radical (unpaired) electrons. The van der Waals surface area contributed by atoms with Gasteiger partial charge in [-0.05, 0) is 30.5 Å². The third-order valence-corrected chi connectivity index (χ3v) is 1.97. The summed E-state index contributed by atoms with van der Waals surface area (Å²) in [6.45, 7) is 6.10. The van der Waals surface area contributed by atoms with Crippen LogP contribution in [0.1, 0.15) is 45.6 Å². The molecule has 1 atom stereocenters. The van der Waals surface area contributed by atoms with Gasteiger partial charge in [0, 0.05) is 5.71 Å². The molecule has 0 aliphatic rings. The van der Waals surface area contributed by atoms with Crippen molar-refractivity contribution in [2.45, 2.75) is 40.0 Å². The van der Waals surface area contributed by atoms with E-state index in [4.69, 9.17) is 5.41 Å². The molecule has 1 aromatic carbocycles. The third-order valence-electron chi connectivity index (χ3n) is 1.97. The average molecular weight is 243 g/mol. The minimum absolute atomic E-state index is 0. The van der Waals surface area contributed by atoms with E-state index in [9.17, 15) is 4.39 Å². The number of rotatable bonds is 4. The highest BCUT2D eigenvalue weighted by molar-refractivity contribution is 6.92. The Hall–Kier alpha value is -0.750. The molecule has 0 aromatic heterocycles. The zero-order valence-corrected chi connectivity index (χ0v) is 11.9. The van der Waals surface area contributed by atoms with Crippen molar-refractivity contribution in [2.75, 3.05) is 0 Å². The van der Waals surface area contributed by atoms with Gasteiger partial charge in [0.1, 0.15) is 5.82 Å². The molecule has 0 bridgehead atoms. The van der Waals surface area contributed by atoms with E-state index in [2.05, 4.69) is 6.92 Å². The SMILES string of the molecule is CC.CCCCC(=N)c1ccc(F)cc1.P. The van der Waals surface area contributed by atoms with Gasteiger partial charge < -0.3 is 5.41 Å². The molecule has 0 saturated heterocycles. The van der Waals surface area contributed by atoms with Crippen LogP contribution in [-0.2, 0) is 0 Å². The normalized spacial score (nSPS) is 8.50. The molecule has 1 aromatic rings.